The summed E-state index contributed by atoms with van der Waals surface area (Å²) in [6.45, 7) is 0.134. The Morgan fingerprint density at radius 1 is 1.50 bits per heavy atom. The minimum absolute atomic E-state index is 0.132. The third-order valence-electron chi connectivity index (χ3n) is 2.83. The molecule has 0 aliphatic carbocycles. The maximum absolute atomic E-state index is 11.6. The van der Waals surface area contributed by atoms with Crippen LogP contribution >= 0.6 is 11.8 Å². The van der Waals surface area contributed by atoms with E-state index in [0.29, 0.717) is 6.54 Å². The molecule has 5 nitrogen and oxygen atoms in total. The van der Waals surface area contributed by atoms with Gasteiger partial charge in [0.1, 0.15) is 6.54 Å². The zero-order chi connectivity index (χ0) is 13.1. The van der Waals surface area contributed by atoms with E-state index in [1.165, 1.54) is 4.90 Å². The monoisotopic (exact) mass is 266 g/mol. The quantitative estimate of drug-likeness (QED) is 0.811. The minimum Gasteiger partial charge on any atom is -0.480 e. The van der Waals surface area contributed by atoms with Crippen molar-refractivity contribution in [2.45, 2.75) is 10.9 Å². The molecule has 1 aromatic rings. The molecule has 0 radical (unpaired) electrons. The van der Waals surface area contributed by atoms with Crippen molar-refractivity contribution in [3.63, 3.8) is 0 Å². The molecule has 6 heteroatoms. The van der Waals surface area contributed by atoms with Gasteiger partial charge in [-0.2, -0.15) is 0 Å². The van der Waals surface area contributed by atoms with Crippen molar-refractivity contribution in [3.05, 3.63) is 29.8 Å². The first-order valence-corrected chi connectivity index (χ1v) is 6.74. The number of aliphatic carboxylic acids is 1. The largest absolute Gasteiger partial charge is 0.480 e. The lowest BCUT2D eigenvalue weighted by molar-refractivity contribution is -0.137. The maximum Gasteiger partial charge on any atom is 0.323 e. The number of nitrogens with one attached hydrogen (secondary N) is 1. The topological polar surface area (TPSA) is 69.6 Å². The van der Waals surface area contributed by atoms with Crippen LogP contribution in [-0.4, -0.2) is 41.4 Å². The first kappa shape index (κ1) is 12.8. The van der Waals surface area contributed by atoms with Gasteiger partial charge in [-0.25, -0.2) is 4.79 Å². The molecule has 1 aliphatic heterocycles. The number of urea groups is 1. The molecule has 96 valence electrons. The van der Waals surface area contributed by atoms with Gasteiger partial charge in [-0.1, -0.05) is 12.1 Å². The molecule has 0 aromatic heterocycles. The van der Waals surface area contributed by atoms with Crippen LogP contribution in [0.2, 0.25) is 0 Å². The fraction of sp³-hybridized carbons (Fsp3) is 0.333. The first-order valence-electron chi connectivity index (χ1n) is 5.51. The van der Waals surface area contributed by atoms with E-state index in [4.69, 9.17) is 5.11 Å². The number of nitrogens with zero attached hydrogens (tertiary/aromatic N) is 1. The standard InChI is InChI=1S/C12H14N2O3S/c1-18-9-4-2-8(3-5-9)10-6-14(7-11(15)16)12(17)13-10/h2-5,10H,6-7H2,1H3,(H,13,17)(H,15,16). The van der Waals surface area contributed by atoms with Gasteiger partial charge in [-0.3, -0.25) is 4.79 Å². The Balaban J connectivity index is 2.06. The number of thioether (sulfide) groups is 1. The van der Waals surface area contributed by atoms with E-state index in [1.54, 1.807) is 11.8 Å². The number of hydrogen-bond acceptors (Lipinski definition) is 3. The summed E-state index contributed by atoms with van der Waals surface area (Å²) in [6, 6.07) is 7.45. The Bertz CT molecular complexity index is 461. The summed E-state index contributed by atoms with van der Waals surface area (Å²) in [5.41, 5.74) is 0.994. The van der Waals surface area contributed by atoms with Crippen molar-refractivity contribution in [2.75, 3.05) is 19.3 Å². The molecule has 1 heterocycles. The van der Waals surface area contributed by atoms with Gasteiger partial charge < -0.3 is 15.3 Å². The molecule has 1 atom stereocenters. The van der Waals surface area contributed by atoms with E-state index >= 15 is 0 Å². The maximum atomic E-state index is 11.6. The van der Waals surface area contributed by atoms with Gasteiger partial charge in [0.2, 0.25) is 0 Å². The third-order valence-corrected chi connectivity index (χ3v) is 3.58. The molecule has 0 saturated carbocycles. The molecule has 0 bridgehead atoms. The molecule has 0 spiro atoms. The zero-order valence-corrected chi connectivity index (χ0v) is 10.7. The van der Waals surface area contributed by atoms with Crippen molar-refractivity contribution in [3.8, 4) is 0 Å². The summed E-state index contributed by atoms with van der Waals surface area (Å²) >= 11 is 1.65. The number of carboxylic acid groups (broad SMARTS) is 1. The van der Waals surface area contributed by atoms with Gasteiger partial charge in [0, 0.05) is 11.4 Å². The molecule has 2 N–H and O–H groups in total. The smallest absolute Gasteiger partial charge is 0.323 e. The van der Waals surface area contributed by atoms with Crippen molar-refractivity contribution >= 4 is 23.8 Å². The number of hydrogen-bond donors (Lipinski definition) is 2. The van der Waals surface area contributed by atoms with Crippen LogP contribution in [0, 0.1) is 0 Å². The summed E-state index contributed by atoms with van der Waals surface area (Å²) in [6.07, 6.45) is 2.00. The fourth-order valence-corrected chi connectivity index (χ4v) is 2.32. The number of carboxylic acids is 1. The molecule has 1 aromatic carbocycles. The van der Waals surface area contributed by atoms with E-state index < -0.39 is 5.97 Å². The first-order chi connectivity index (χ1) is 8.60. The molecule has 1 aliphatic rings. The second-order valence-electron chi connectivity index (χ2n) is 4.05. The molecular weight excluding hydrogens is 252 g/mol. The lowest BCUT2D eigenvalue weighted by atomic mass is 10.1. The average Bonchev–Trinajstić information content (AvgIpc) is 2.70. The van der Waals surface area contributed by atoms with Crippen LogP contribution in [0.15, 0.2) is 29.2 Å². The summed E-state index contributed by atoms with van der Waals surface area (Å²) in [4.78, 5) is 24.6. The van der Waals surface area contributed by atoms with Crippen molar-refractivity contribution in [2.24, 2.45) is 0 Å². The van der Waals surface area contributed by atoms with Crippen LogP contribution in [0.5, 0.6) is 0 Å². The lowest BCUT2D eigenvalue weighted by Crippen LogP contribution is -2.32. The van der Waals surface area contributed by atoms with Crippen LogP contribution < -0.4 is 5.32 Å². The third kappa shape index (κ3) is 2.76. The summed E-state index contributed by atoms with van der Waals surface area (Å²) in [5, 5.41) is 11.5. The number of carbonyl (C=O) groups excluding carboxylic acids is 1. The Morgan fingerprint density at radius 2 is 2.17 bits per heavy atom. The number of carbonyl (C=O) groups is 2. The number of benzene rings is 1. The Morgan fingerprint density at radius 3 is 2.72 bits per heavy atom. The summed E-state index contributed by atoms with van der Waals surface area (Å²) in [5.74, 6) is -0.997. The van der Waals surface area contributed by atoms with Crippen LogP contribution in [0.1, 0.15) is 11.6 Å². The highest BCUT2D eigenvalue weighted by Crippen LogP contribution is 2.22. The van der Waals surface area contributed by atoms with Crippen molar-refractivity contribution < 1.29 is 14.7 Å². The number of amides is 2. The fourth-order valence-electron chi connectivity index (χ4n) is 1.91. The molecule has 2 rings (SSSR count). The Labute approximate surface area is 109 Å². The lowest BCUT2D eigenvalue weighted by Gasteiger charge is -2.12. The predicted molar refractivity (Wildman–Crippen MR) is 68.7 cm³/mol. The van der Waals surface area contributed by atoms with Gasteiger partial charge in [-0.05, 0) is 24.0 Å². The van der Waals surface area contributed by atoms with Crippen LogP contribution in [-0.2, 0) is 4.79 Å². The van der Waals surface area contributed by atoms with E-state index in [0.717, 1.165) is 10.5 Å². The van der Waals surface area contributed by atoms with Crippen molar-refractivity contribution in [1.29, 1.82) is 0 Å². The average molecular weight is 266 g/mol. The Hall–Kier alpha value is -1.69. The zero-order valence-electron chi connectivity index (χ0n) is 9.92. The van der Waals surface area contributed by atoms with E-state index in [9.17, 15) is 9.59 Å². The van der Waals surface area contributed by atoms with E-state index in [1.807, 2.05) is 30.5 Å². The molecule has 18 heavy (non-hydrogen) atoms. The SMILES string of the molecule is CSc1ccc(C2CN(CC(=O)O)C(=O)N2)cc1. The second-order valence-corrected chi connectivity index (χ2v) is 4.93. The van der Waals surface area contributed by atoms with Crippen molar-refractivity contribution in [1.82, 2.24) is 10.2 Å². The van der Waals surface area contributed by atoms with Gasteiger partial charge in [0.25, 0.3) is 0 Å². The highest BCUT2D eigenvalue weighted by molar-refractivity contribution is 7.98. The van der Waals surface area contributed by atoms with Crippen LogP contribution in [0.4, 0.5) is 4.79 Å². The van der Waals surface area contributed by atoms with Crippen LogP contribution in [0.25, 0.3) is 0 Å². The predicted octanol–water partition coefficient (Wildman–Crippen LogP) is 1.56. The highest BCUT2D eigenvalue weighted by atomic mass is 32.2. The Kier molecular flexibility index (Phi) is 3.76. The molecule has 1 saturated heterocycles. The van der Waals surface area contributed by atoms with Gasteiger partial charge >= 0.3 is 12.0 Å². The molecular formula is C12H14N2O3S. The summed E-state index contributed by atoms with van der Waals surface area (Å²) in [7, 11) is 0. The minimum atomic E-state index is -0.997. The van der Waals surface area contributed by atoms with Gasteiger partial charge in [-0.15, -0.1) is 11.8 Å². The number of rotatable bonds is 4. The normalized spacial score (nSPS) is 18.8. The van der Waals surface area contributed by atoms with Gasteiger partial charge in [0.15, 0.2) is 0 Å². The summed E-state index contributed by atoms with van der Waals surface area (Å²) < 4.78 is 0. The second kappa shape index (κ2) is 5.30. The molecule has 2 amide bonds. The van der Waals surface area contributed by atoms with E-state index in [2.05, 4.69) is 5.32 Å². The van der Waals surface area contributed by atoms with E-state index in [-0.39, 0.29) is 18.6 Å². The highest BCUT2D eigenvalue weighted by Gasteiger charge is 2.30. The molecule has 1 unspecified atom stereocenters. The van der Waals surface area contributed by atoms with Crippen LogP contribution in [0.3, 0.4) is 0 Å². The molecule has 1 fully saturated rings. The van der Waals surface area contributed by atoms with Gasteiger partial charge in [0.05, 0.1) is 6.04 Å².